The van der Waals surface area contributed by atoms with Gasteiger partial charge in [0.1, 0.15) is 17.6 Å². The third-order valence-electron chi connectivity index (χ3n) is 7.15. The van der Waals surface area contributed by atoms with E-state index >= 15 is 4.39 Å². The van der Waals surface area contributed by atoms with E-state index in [1.165, 1.54) is 18.3 Å². The fourth-order valence-corrected chi connectivity index (χ4v) is 5.64. The van der Waals surface area contributed by atoms with Crippen molar-refractivity contribution in [3.63, 3.8) is 0 Å². The molecular weight excluding hydrogens is 535 g/mol. The number of nitrogens with one attached hydrogen (secondary N) is 1. The summed E-state index contributed by atoms with van der Waals surface area (Å²) in [4.78, 5) is 38.2. The minimum atomic E-state index is -1.20. The Morgan fingerprint density at radius 1 is 1.00 bits per heavy atom. The van der Waals surface area contributed by atoms with Crippen molar-refractivity contribution in [2.75, 3.05) is 0 Å². The molecule has 216 valence electrons. The van der Waals surface area contributed by atoms with E-state index < -0.39 is 29.2 Å². The lowest BCUT2D eigenvalue weighted by atomic mass is 9.72. The third kappa shape index (κ3) is 6.12. The van der Waals surface area contributed by atoms with Crippen LogP contribution >= 0.6 is 0 Å². The van der Waals surface area contributed by atoms with Crippen LogP contribution in [0.5, 0.6) is 0 Å². The number of carbonyl (C=O) groups is 2. The van der Waals surface area contributed by atoms with Gasteiger partial charge in [-0.15, -0.1) is 0 Å². The summed E-state index contributed by atoms with van der Waals surface area (Å²) in [6, 6.07) is 12.8. The molecule has 42 heavy (non-hydrogen) atoms. The predicted molar refractivity (Wildman–Crippen MR) is 157 cm³/mol. The number of hydrogen-bond acceptors (Lipinski definition) is 6. The van der Waals surface area contributed by atoms with Crippen LogP contribution < -0.4 is 5.32 Å². The average molecular weight is 569 g/mol. The first kappa shape index (κ1) is 28.8. The van der Waals surface area contributed by atoms with Gasteiger partial charge in [-0.25, -0.2) is 23.7 Å². The van der Waals surface area contributed by atoms with Gasteiger partial charge in [-0.05, 0) is 53.1 Å². The van der Waals surface area contributed by atoms with Crippen LogP contribution in [0.4, 0.5) is 4.39 Å². The number of benzene rings is 2. The van der Waals surface area contributed by atoms with Crippen LogP contribution in [0.2, 0.25) is 0 Å². The Labute approximate surface area is 242 Å². The number of rotatable bonds is 8. The number of nitrogens with zero attached hydrogens (tertiary/aromatic N) is 5. The van der Waals surface area contributed by atoms with E-state index in [-0.39, 0.29) is 11.0 Å². The molecule has 1 amide bonds. The predicted octanol–water partition coefficient (Wildman–Crippen LogP) is 5.71. The molecule has 2 N–H and O–H groups in total. The second-order valence-corrected chi connectivity index (χ2v) is 12.5. The van der Waals surface area contributed by atoms with Gasteiger partial charge in [-0.3, -0.25) is 9.78 Å². The van der Waals surface area contributed by atoms with Gasteiger partial charge in [0.15, 0.2) is 0 Å². The normalized spacial score (nSPS) is 12.9. The number of hydrogen-bond donors (Lipinski definition) is 2. The topological polar surface area (TPSA) is 122 Å². The molecule has 2 aromatic carbocycles. The number of carbonyl (C=O) groups excluding carboxylic acids is 1. The first-order valence-corrected chi connectivity index (χ1v) is 13.7. The number of aromatic nitrogens is 5. The van der Waals surface area contributed by atoms with Crippen LogP contribution in [0.1, 0.15) is 62.7 Å². The molecule has 3 aromatic heterocycles. The first-order valence-electron chi connectivity index (χ1n) is 13.7. The maximum atomic E-state index is 15.3. The largest absolute Gasteiger partial charge is 0.480 e. The first-order chi connectivity index (χ1) is 19.8. The summed E-state index contributed by atoms with van der Waals surface area (Å²) < 4.78 is 16.9. The van der Waals surface area contributed by atoms with E-state index in [4.69, 9.17) is 0 Å². The van der Waals surface area contributed by atoms with Crippen LogP contribution in [0, 0.1) is 16.6 Å². The zero-order chi connectivity index (χ0) is 30.2. The number of aliphatic carboxylic acids is 1. The fraction of sp³-hybridized carbons (Fsp3) is 0.312. The number of amides is 1. The molecule has 0 aliphatic carbocycles. The van der Waals surface area contributed by atoms with Gasteiger partial charge in [0.25, 0.3) is 11.7 Å². The molecule has 9 nitrogen and oxygen atoms in total. The van der Waals surface area contributed by atoms with Crippen LogP contribution in [-0.2, 0) is 11.2 Å². The highest BCUT2D eigenvalue weighted by atomic mass is 19.1. The summed E-state index contributed by atoms with van der Waals surface area (Å²) >= 11 is 0. The highest BCUT2D eigenvalue weighted by molar-refractivity contribution is 5.97. The van der Waals surface area contributed by atoms with Crippen LogP contribution in [-0.4, -0.2) is 47.6 Å². The number of carboxylic acids is 1. The molecule has 5 rings (SSSR count). The standard InChI is InChI=1S/C32H33FN6O3/c1-31(2,3)18-32(4,5)27(29(41)42)37-28(40)23-10-9-21(15-24(23)33)26-17-36-30-35-16-22(39(30)38-26)14-19-8-11-25-20(13-19)7-6-12-34-25/h6-13,15-17,27H,14,18H2,1-5H3,(H,37,40)(H,41,42)/t27-/m1/s1. The van der Waals surface area contributed by atoms with E-state index in [9.17, 15) is 14.7 Å². The molecule has 0 aliphatic rings. The minimum absolute atomic E-state index is 0.168. The van der Waals surface area contributed by atoms with Crippen molar-refractivity contribution in [3.8, 4) is 11.3 Å². The molecule has 0 saturated heterocycles. The average Bonchev–Trinajstić information content (AvgIpc) is 3.31. The number of carboxylic acid groups (broad SMARTS) is 1. The van der Waals surface area contributed by atoms with Crippen molar-refractivity contribution >= 4 is 28.6 Å². The van der Waals surface area contributed by atoms with E-state index in [1.54, 1.807) is 36.8 Å². The smallest absolute Gasteiger partial charge is 0.326 e. The van der Waals surface area contributed by atoms with Crippen molar-refractivity contribution in [1.82, 2.24) is 29.9 Å². The van der Waals surface area contributed by atoms with Gasteiger partial charge in [0.05, 0.1) is 29.2 Å². The Morgan fingerprint density at radius 3 is 2.48 bits per heavy atom. The second kappa shape index (κ2) is 10.9. The molecule has 10 heteroatoms. The molecule has 0 aliphatic heterocycles. The van der Waals surface area contributed by atoms with Crippen LogP contribution in [0.25, 0.3) is 27.9 Å². The lowest BCUT2D eigenvalue weighted by Crippen LogP contribution is -2.51. The van der Waals surface area contributed by atoms with Gasteiger partial charge in [-0.1, -0.05) is 52.8 Å². The molecule has 5 aromatic rings. The molecule has 0 spiro atoms. The quantitative estimate of drug-likeness (QED) is 0.246. The van der Waals surface area contributed by atoms with Gasteiger partial charge in [0.2, 0.25) is 0 Å². The zero-order valence-electron chi connectivity index (χ0n) is 24.2. The molecular formula is C32H33FN6O3. The zero-order valence-corrected chi connectivity index (χ0v) is 24.2. The summed E-state index contributed by atoms with van der Waals surface area (Å²) in [5.74, 6) is -2.35. The summed E-state index contributed by atoms with van der Waals surface area (Å²) in [7, 11) is 0. The Bertz CT molecular complexity index is 1810. The van der Waals surface area contributed by atoms with Gasteiger partial charge < -0.3 is 10.4 Å². The Kier molecular flexibility index (Phi) is 7.49. The highest BCUT2D eigenvalue weighted by Crippen LogP contribution is 2.36. The van der Waals surface area contributed by atoms with E-state index in [0.29, 0.717) is 29.9 Å². The minimum Gasteiger partial charge on any atom is -0.480 e. The summed E-state index contributed by atoms with van der Waals surface area (Å²) in [6.45, 7) is 9.58. The molecule has 0 radical (unpaired) electrons. The molecule has 0 saturated carbocycles. The van der Waals surface area contributed by atoms with E-state index in [2.05, 4.69) is 31.4 Å². The number of imidazole rings is 1. The van der Waals surface area contributed by atoms with E-state index in [1.807, 2.05) is 45.0 Å². The molecule has 0 fully saturated rings. The van der Waals surface area contributed by atoms with Gasteiger partial charge in [-0.2, -0.15) is 5.10 Å². The Balaban J connectivity index is 1.38. The van der Waals surface area contributed by atoms with Crippen molar-refractivity contribution in [3.05, 3.63) is 89.8 Å². The van der Waals surface area contributed by atoms with Gasteiger partial charge in [0, 0.05) is 23.6 Å². The van der Waals surface area contributed by atoms with Crippen molar-refractivity contribution in [2.45, 2.75) is 53.5 Å². The number of pyridine rings is 1. The number of fused-ring (bicyclic) bond motifs is 2. The molecule has 0 unspecified atom stereocenters. The summed E-state index contributed by atoms with van der Waals surface area (Å²) in [6.07, 6.45) is 6.05. The monoisotopic (exact) mass is 568 g/mol. The maximum Gasteiger partial charge on any atom is 0.326 e. The highest BCUT2D eigenvalue weighted by Gasteiger charge is 2.39. The van der Waals surface area contributed by atoms with E-state index in [0.717, 1.165) is 22.2 Å². The maximum absolute atomic E-state index is 15.3. The van der Waals surface area contributed by atoms with Crippen LogP contribution in [0.3, 0.4) is 0 Å². The second-order valence-electron chi connectivity index (χ2n) is 12.5. The molecule has 1 atom stereocenters. The van der Waals surface area contributed by atoms with Crippen LogP contribution in [0.15, 0.2) is 67.1 Å². The molecule has 3 heterocycles. The summed E-state index contributed by atoms with van der Waals surface area (Å²) in [5, 5.41) is 18.1. The molecule has 0 bridgehead atoms. The summed E-state index contributed by atoms with van der Waals surface area (Å²) in [5.41, 5.74) is 2.38. The van der Waals surface area contributed by atoms with Crippen molar-refractivity contribution in [2.24, 2.45) is 10.8 Å². The van der Waals surface area contributed by atoms with Crippen molar-refractivity contribution in [1.29, 1.82) is 0 Å². The number of halogens is 1. The third-order valence-corrected chi connectivity index (χ3v) is 7.15. The Morgan fingerprint density at radius 2 is 1.76 bits per heavy atom. The SMILES string of the molecule is CC(C)(C)CC(C)(C)[C@H](NC(=O)c1ccc(-c2cnc3ncc(Cc4ccc5ncccc5c4)n3n2)cc1F)C(=O)O. The lowest BCUT2D eigenvalue weighted by molar-refractivity contribution is -0.142. The lowest BCUT2D eigenvalue weighted by Gasteiger charge is -2.37. The van der Waals surface area contributed by atoms with Gasteiger partial charge >= 0.3 is 5.97 Å². The van der Waals surface area contributed by atoms with Crippen molar-refractivity contribution < 1.29 is 19.1 Å². The fourth-order valence-electron chi connectivity index (χ4n) is 5.64. The Hall–Kier alpha value is -4.73.